The maximum absolute atomic E-state index is 11.7. The molecule has 1 rings (SSSR count). The van der Waals surface area contributed by atoms with Crippen LogP contribution in [0.4, 0.5) is 0 Å². The molecule has 0 fully saturated rings. The monoisotopic (exact) mass is 193 g/mol. The van der Waals surface area contributed by atoms with Crippen molar-refractivity contribution in [1.29, 1.82) is 5.26 Å². The van der Waals surface area contributed by atoms with Gasteiger partial charge in [0.15, 0.2) is 5.78 Å². The molecule has 0 unspecified atom stereocenters. The largest absolute Gasteiger partial charge is 0.293 e. The Morgan fingerprint density at radius 2 is 2.08 bits per heavy atom. The maximum Gasteiger partial charge on any atom is 0.178 e. The van der Waals surface area contributed by atoms with Crippen molar-refractivity contribution in [3.05, 3.63) is 21.9 Å². The Balaban J connectivity index is 2.98. The Kier molecular flexibility index (Phi) is 2.53. The zero-order chi connectivity index (χ0) is 10.1. The van der Waals surface area contributed by atoms with Gasteiger partial charge < -0.3 is 0 Å². The fourth-order valence-corrected chi connectivity index (χ4v) is 1.84. The SMILES string of the molecule is CC(C)(C)C(=O)c1ccc(C#N)s1. The molecular weight excluding hydrogens is 182 g/mol. The summed E-state index contributed by atoms with van der Waals surface area (Å²) >= 11 is 1.26. The number of thiophene rings is 1. The van der Waals surface area contributed by atoms with Crippen LogP contribution in [-0.4, -0.2) is 5.78 Å². The molecule has 2 nitrogen and oxygen atoms in total. The van der Waals surface area contributed by atoms with E-state index in [2.05, 4.69) is 0 Å². The number of nitriles is 1. The molecule has 1 aromatic heterocycles. The molecule has 3 heteroatoms. The number of Topliss-reactive ketones (excluding diaryl/α,β-unsaturated/α-hetero) is 1. The third-order valence-electron chi connectivity index (χ3n) is 1.62. The van der Waals surface area contributed by atoms with Crippen LogP contribution in [0, 0.1) is 16.7 Å². The minimum atomic E-state index is -0.364. The Bertz CT molecular complexity index is 365. The standard InChI is InChI=1S/C10H11NOS/c1-10(2,3)9(12)8-5-4-7(6-11)13-8/h4-5H,1-3H3. The first-order valence-corrected chi connectivity index (χ1v) is 4.81. The van der Waals surface area contributed by atoms with E-state index in [1.807, 2.05) is 26.8 Å². The first kappa shape index (κ1) is 9.94. The molecule has 0 spiro atoms. The average molecular weight is 193 g/mol. The summed E-state index contributed by atoms with van der Waals surface area (Å²) in [6.07, 6.45) is 0. The summed E-state index contributed by atoms with van der Waals surface area (Å²) in [5.41, 5.74) is -0.364. The molecule has 0 atom stereocenters. The third kappa shape index (κ3) is 2.16. The van der Waals surface area contributed by atoms with E-state index in [0.29, 0.717) is 9.75 Å². The van der Waals surface area contributed by atoms with Gasteiger partial charge in [0.1, 0.15) is 10.9 Å². The lowest BCUT2D eigenvalue weighted by atomic mass is 9.90. The van der Waals surface area contributed by atoms with Gasteiger partial charge in [0.25, 0.3) is 0 Å². The van der Waals surface area contributed by atoms with Gasteiger partial charge in [-0.05, 0) is 12.1 Å². The second kappa shape index (κ2) is 3.31. The summed E-state index contributed by atoms with van der Waals surface area (Å²) in [5.74, 6) is 0.0963. The fourth-order valence-electron chi connectivity index (χ4n) is 0.890. The van der Waals surface area contributed by atoms with Gasteiger partial charge >= 0.3 is 0 Å². The van der Waals surface area contributed by atoms with Crippen LogP contribution < -0.4 is 0 Å². The smallest absolute Gasteiger partial charge is 0.178 e. The molecule has 0 saturated heterocycles. The van der Waals surface area contributed by atoms with Crippen LogP contribution in [0.1, 0.15) is 35.3 Å². The van der Waals surface area contributed by atoms with Crippen molar-refractivity contribution < 1.29 is 4.79 Å². The summed E-state index contributed by atoms with van der Waals surface area (Å²) in [4.78, 5) is 13.0. The molecule has 0 bridgehead atoms. The zero-order valence-corrected chi connectivity index (χ0v) is 8.73. The highest BCUT2D eigenvalue weighted by molar-refractivity contribution is 7.14. The number of hydrogen-bond acceptors (Lipinski definition) is 3. The van der Waals surface area contributed by atoms with Gasteiger partial charge in [-0.2, -0.15) is 5.26 Å². The third-order valence-corrected chi connectivity index (χ3v) is 2.61. The van der Waals surface area contributed by atoms with Crippen molar-refractivity contribution in [2.24, 2.45) is 5.41 Å². The van der Waals surface area contributed by atoms with E-state index in [1.165, 1.54) is 11.3 Å². The Labute approximate surface area is 81.8 Å². The van der Waals surface area contributed by atoms with Crippen molar-refractivity contribution in [3.8, 4) is 6.07 Å². The van der Waals surface area contributed by atoms with Crippen molar-refractivity contribution in [1.82, 2.24) is 0 Å². The van der Waals surface area contributed by atoms with Gasteiger partial charge in [-0.15, -0.1) is 11.3 Å². The molecule has 0 aromatic carbocycles. The summed E-state index contributed by atoms with van der Waals surface area (Å²) in [6.45, 7) is 5.63. The van der Waals surface area contributed by atoms with Crippen LogP contribution >= 0.6 is 11.3 Å². The molecular formula is C10H11NOS. The minimum absolute atomic E-state index is 0.0963. The lowest BCUT2D eigenvalue weighted by Crippen LogP contribution is -2.18. The summed E-state index contributed by atoms with van der Waals surface area (Å²) in [7, 11) is 0. The van der Waals surface area contributed by atoms with E-state index in [4.69, 9.17) is 5.26 Å². The number of rotatable bonds is 1. The fraction of sp³-hybridized carbons (Fsp3) is 0.400. The molecule has 0 amide bonds. The highest BCUT2D eigenvalue weighted by atomic mass is 32.1. The van der Waals surface area contributed by atoms with Crippen LogP contribution in [0.25, 0.3) is 0 Å². The Morgan fingerprint density at radius 1 is 1.46 bits per heavy atom. The molecule has 0 N–H and O–H groups in total. The lowest BCUT2D eigenvalue weighted by molar-refractivity contribution is 0.0863. The van der Waals surface area contributed by atoms with Crippen molar-refractivity contribution in [3.63, 3.8) is 0 Å². The molecule has 1 heterocycles. The predicted octanol–water partition coefficient (Wildman–Crippen LogP) is 2.85. The van der Waals surface area contributed by atoms with Crippen molar-refractivity contribution >= 4 is 17.1 Å². The molecule has 68 valence electrons. The number of ketones is 1. The van der Waals surface area contributed by atoms with Crippen LogP contribution in [0.5, 0.6) is 0 Å². The van der Waals surface area contributed by atoms with Crippen molar-refractivity contribution in [2.75, 3.05) is 0 Å². The maximum atomic E-state index is 11.7. The summed E-state index contributed by atoms with van der Waals surface area (Å²) < 4.78 is 0. The van der Waals surface area contributed by atoms with Crippen LogP contribution in [0.15, 0.2) is 12.1 Å². The van der Waals surface area contributed by atoms with Gasteiger partial charge in [-0.3, -0.25) is 4.79 Å². The average Bonchev–Trinajstić information content (AvgIpc) is 2.48. The highest BCUT2D eigenvalue weighted by Crippen LogP contribution is 2.25. The lowest BCUT2D eigenvalue weighted by Gasteiger charge is -2.14. The zero-order valence-electron chi connectivity index (χ0n) is 7.92. The Hall–Kier alpha value is -1.14. The molecule has 0 aliphatic carbocycles. The van der Waals surface area contributed by atoms with Gasteiger partial charge in [0.05, 0.1) is 4.88 Å². The molecule has 1 aromatic rings. The molecule has 0 radical (unpaired) electrons. The summed E-state index contributed by atoms with van der Waals surface area (Å²) in [6, 6.07) is 5.42. The number of carbonyl (C=O) groups is 1. The van der Waals surface area contributed by atoms with Gasteiger partial charge in [-0.25, -0.2) is 0 Å². The first-order valence-electron chi connectivity index (χ1n) is 4.00. The first-order chi connectivity index (χ1) is 5.95. The van der Waals surface area contributed by atoms with E-state index in [0.717, 1.165) is 0 Å². The topological polar surface area (TPSA) is 40.9 Å². The molecule has 13 heavy (non-hydrogen) atoms. The summed E-state index contributed by atoms with van der Waals surface area (Å²) in [5, 5.41) is 8.58. The quantitative estimate of drug-likeness (QED) is 0.643. The predicted molar refractivity (Wildman–Crippen MR) is 52.8 cm³/mol. The normalized spacial score (nSPS) is 10.9. The van der Waals surface area contributed by atoms with Crippen LogP contribution in [0.3, 0.4) is 0 Å². The molecule has 0 saturated carbocycles. The number of nitrogens with zero attached hydrogens (tertiary/aromatic N) is 1. The Morgan fingerprint density at radius 3 is 2.46 bits per heavy atom. The van der Waals surface area contributed by atoms with E-state index < -0.39 is 0 Å². The van der Waals surface area contributed by atoms with E-state index in [1.54, 1.807) is 12.1 Å². The van der Waals surface area contributed by atoms with Crippen LogP contribution in [-0.2, 0) is 0 Å². The molecule has 0 aliphatic rings. The molecule has 0 aliphatic heterocycles. The number of carbonyl (C=O) groups excluding carboxylic acids is 1. The van der Waals surface area contributed by atoms with Gasteiger partial charge in [0, 0.05) is 5.41 Å². The van der Waals surface area contributed by atoms with Gasteiger partial charge in [0.2, 0.25) is 0 Å². The van der Waals surface area contributed by atoms with Crippen molar-refractivity contribution in [2.45, 2.75) is 20.8 Å². The highest BCUT2D eigenvalue weighted by Gasteiger charge is 2.24. The minimum Gasteiger partial charge on any atom is -0.293 e. The number of hydrogen-bond donors (Lipinski definition) is 0. The van der Waals surface area contributed by atoms with E-state index in [9.17, 15) is 4.79 Å². The second-order valence-corrected chi connectivity index (χ2v) is 4.94. The second-order valence-electron chi connectivity index (χ2n) is 3.85. The van der Waals surface area contributed by atoms with E-state index >= 15 is 0 Å². The van der Waals surface area contributed by atoms with Gasteiger partial charge in [-0.1, -0.05) is 20.8 Å². The van der Waals surface area contributed by atoms with Crippen LogP contribution in [0.2, 0.25) is 0 Å². The van der Waals surface area contributed by atoms with E-state index in [-0.39, 0.29) is 11.2 Å².